The zero-order valence-corrected chi connectivity index (χ0v) is 10.9. The predicted octanol–water partition coefficient (Wildman–Crippen LogP) is 2.80. The van der Waals surface area contributed by atoms with Crippen LogP contribution in [-0.2, 0) is 12.6 Å². The minimum absolute atomic E-state index is 0.102. The minimum atomic E-state index is -0.102. The summed E-state index contributed by atoms with van der Waals surface area (Å²) in [6.45, 7) is 13.2. The Hall–Kier alpha value is -0.150. The fourth-order valence-corrected chi connectivity index (χ4v) is 2.29. The lowest BCUT2D eigenvalue weighted by Crippen LogP contribution is -2.55. The van der Waals surface area contributed by atoms with Gasteiger partial charge in [0.25, 0.3) is 0 Å². The van der Waals surface area contributed by atoms with Gasteiger partial charge in [-0.05, 0) is 6.92 Å². The highest BCUT2D eigenvalue weighted by atomic mass is 32.1. The average molecular weight is 217 g/mol. The molecule has 0 N–H and O–H groups in total. The van der Waals surface area contributed by atoms with E-state index in [0.717, 1.165) is 19.6 Å². The average Bonchev–Trinajstić information content (AvgIpc) is 2.00. The van der Waals surface area contributed by atoms with E-state index in [0.29, 0.717) is 16.3 Å². The quantitative estimate of drug-likeness (QED) is 0.520. The predicted molar refractivity (Wildman–Crippen MR) is 63.0 cm³/mol. The molecule has 0 aromatic heterocycles. The second-order valence-corrected chi connectivity index (χ2v) is 5.23. The molecule has 0 radical (unpaired) electrons. The number of carbonyl (C=O) groups excluding carboxylic acids is 1. The van der Waals surface area contributed by atoms with Crippen molar-refractivity contribution in [3.63, 3.8) is 0 Å². The normalized spacial score (nSPS) is 12.5. The van der Waals surface area contributed by atoms with E-state index in [1.54, 1.807) is 0 Å². The molecule has 0 saturated heterocycles. The second-order valence-electron chi connectivity index (χ2n) is 4.88. The topological polar surface area (TPSA) is 17.1 Å². The van der Waals surface area contributed by atoms with Crippen molar-refractivity contribution < 1.29 is 9.28 Å². The van der Waals surface area contributed by atoms with Crippen LogP contribution < -0.4 is 0 Å². The zero-order chi connectivity index (χ0) is 11.4. The summed E-state index contributed by atoms with van der Waals surface area (Å²) in [5.74, 6) is 1.03. The smallest absolute Gasteiger partial charge is 0.199 e. The Kier molecular flexibility index (Phi) is 5.60. The summed E-state index contributed by atoms with van der Waals surface area (Å²) < 4.78 is 0.463. The molecule has 3 heteroatoms. The molecule has 0 aliphatic carbocycles. The zero-order valence-electron chi connectivity index (χ0n) is 10.0. The van der Waals surface area contributed by atoms with Gasteiger partial charge in [-0.3, -0.25) is 9.28 Å². The second kappa shape index (κ2) is 5.66. The fraction of sp³-hybridized carbons (Fsp3) is 0.909. The van der Waals surface area contributed by atoms with E-state index < -0.39 is 0 Å². The standard InChI is InChI=1S/C11H23NOS/c1-6-12(11(13)14,7-9(2)3)8-10(4)5/h9-10H,6-8H2,1-5H3. The summed E-state index contributed by atoms with van der Waals surface area (Å²) in [7, 11) is 0. The van der Waals surface area contributed by atoms with Crippen LogP contribution in [0.2, 0.25) is 0 Å². The molecule has 0 saturated carbocycles. The van der Waals surface area contributed by atoms with Crippen LogP contribution in [0.4, 0.5) is 4.79 Å². The lowest BCUT2D eigenvalue weighted by atomic mass is 10.1. The summed E-state index contributed by atoms with van der Waals surface area (Å²) in [5.41, 5.74) is 0. The first-order valence-corrected chi connectivity index (χ1v) is 5.82. The van der Waals surface area contributed by atoms with E-state index in [1.807, 2.05) is 0 Å². The van der Waals surface area contributed by atoms with Gasteiger partial charge >= 0.3 is 0 Å². The van der Waals surface area contributed by atoms with Crippen LogP contribution in [0, 0.1) is 11.8 Å². The molecular weight excluding hydrogens is 194 g/mol. The summed E-state index contributed by atoms with van der Waals surface area (Å²) in [5, 5.41) is -0.102. The maximum absolute atomic E-state index is 11.6. The third-order valence-electron chi connectivity index (χ3n) is 2.42. The highest BCUT2D eigenvalue weighted by molar-refractivity contribution is 7.76. The van der Waals surface area contributed by atoms with Gasteiger partial charge in [0.05, 0.1) is 19.6 Å². The molecule has 0 aromatic carbocycles. The minimum Gasteiger partial charge on any atom is -0.675 e. The number of amides is 1. The SMILES string of the molecule is CC[N+](CC(C)C)(CC(C)C)C(=O)[S-]. The number of rotatable bonds is 5. The fourth-order valence-electron chi connectivity index (χ4n) is 2.01. The maximum Gasteiger partial charge on any atom is 0.199 e. The molecule has 84 valence electrons. The Morgan fingerprint density at radius 2 is 1.50 bits per heavy atom. The van der Waals surface area contributed by atoms with E-state index >= 15 is 0 Å². The van der Waals surface area contributed by atoms with Crippen molar-refractivity contribution in [3.8, 4) is 0 Å². The molecule has 14 heavy (non-hydrogen) atoms. The molecular formula is C11H23NOS. The van der Waals surface area contributed by atoms with Crippen molar-refractivity contribution in [2.45, 2.75) is 34.6 Å². The molecule has 2 nitrogen and oxygen atoms in total. The van der Waals surface area contributed by atoms with Crippen LogP contribution in [0.25, 0.3) is 0 Å². The lowest BCUT2D eigenvalue weighted by Gasteiger charge is -2.40. The Balaban J connectivity index is 4.69. The van der Waals surface area contributed by atoms with Gasteiger partial charge in [-0.2, -0.15) is 0 Å². The number of hydrogen-bond acceptors (Lipinski definition) is 2. The van der Waals surface area contributed by atoms with Gasteiger partial charge in [0.2, 0.25) is 0 Å². The first-order chi connectivity index (χ1) is 6.34. The van der Waals surface area contributed by atoms with Crippen LogP contribution in [-0.4, -0.2) is 29.4 Å². The Bertz CT molecular complexity index is 180. The van der Waals surface area contributed by atoms with Crippen LogP contribution in [0.5, 0.6) is 0 Å². The van der Waals surface area contributed by atoms with Crippen LogP contribution >= 0.6 is 0 Å². The summed E-state index contributed by atoms with van der Waals surface area (Å²) in [6, 6.07) is 0. The molecule has 0 aliphatic heterocycles. The Morgan fingerprint density at radius 1 is 1.14 bits per heavy atom. The number of quaternary nitrogens is 1. The molecule has 0 aromatic rings. The van der Waals surface area contributed by atoms with Gasteiger partial charge in [-0.25, -0.2) is 0 Å². The number of nitrogens with zero attached hydrogens (tertiary/aromatic N) is 1. The molecule has 1 amide bonds. The summed E-state index contributed by atoms with van der Waals surface area (Å²) in [4.78, 5) is 11.6. The largest absolute Gasteiger partial charge is 0.675 e. The van der Waals surface area contributed by atoms with Gasteiger partial charge in [-0.1, -0.05) is 27.7 Å². The Morgan fingerprint density at radius 3 is 1.64 bits per heavy atom. The summed E-state index contributed by atoms with van der Waals surface area (Å²) >= 11 is 4.88. The first-order valence-electron chi connectivity index (χ1n) is 5.41. The number of carbonyl (C=O) groups is 1. The van der Waals surface area contributed by atoms with Gasteiger partial charge in [0.15, 0.2) is 5.24 Å². The molecule has 0 fully saturated rings. The third-order valence-corrected chi connectivity index (χ3v) is 2.81. The van der Waals surface area contributed by atoms with Gasteiger partial charge in [-0.15, -0.1) is 0 Å². The Labute approximate surface area is 93.7 Å². The highest BCUT2D eigenvalue weighted by Gasteiger charge is 2.29. The van der Waals surface area contributed by atoms with Gasteiger partial charge in [0.1, 0.15) is 0 Å². The van der Waals surface area contributed by atoms with Crippen molar-refractivity contribution in [3.05, 3.63) is 0 Å². The molecule has 0 atom stereocenters. The highest BCUT2D eigenvalue weighted by Crippen LogP contribution is 2.16. The van der Waals surface area contributed by atoms with Crippen molar-refractivity contribution >= 4 is 17.9 Å². The molecule has 0 aliphatic rings. The molecule has 0 rings (SSSR count). The van der Waals surface area contributed by atoms with Crippen molar-refractivity contribution in [2.24, 2.45) is 11.8 Å². The molecule has 0 spiro atoms. The van der Waals surface area contributed by atoms with Crippen molar-refractivity contribution in [1.82, 2.24) is 0 Å². The van der Waals surface area contributed by atoms with E-state index in [2.05, 4.69) is 34.6 Å². The molecule has 0 heterocycles. The maximum atomic E-state index is 11.6. The van der Waals surface area contributed by atoms with E-state index in [1.165, 1.54) is 0 Å². The first kappa shape index (κ1) is 13.8. The van der Waals surface area contributed by atoms with Gasteiger partial charge in [0, 0.05) is 11.8 Å². The van der Waals surface area contributed by atoms with E-state index in [9.17, 15) is 4.79 Å². The lowest BCUT2D eigenvalue weighted by molar-refractivity contribution is -0.848. The molecule has 0 bridgehead atoms. The molecule has 0 unspecified atom stereocenters. The van der Waals surface area contributed by atoms with Crippen LogP contribution in [0.3, 0.4) is 0 Å². The van der Waals surface area contributed by atoms with Crippen LogP contribution in [0.15, 0.2) is 0 Å². The van der Waals surface area contributed by atoms with Crippen LogP contribution in [0.1, 0.15) is 34.6 Å². The van der Waals surface area contributed by atoms with E-state index in [4.69, 9.17) is 12.6 Å². The van der Waals surface area contributed by atoms with Crippen molar-refractivity contribution in [1.29, 1.82) is 0 Å². The third kappa shape index (κ3) is 3.93. The monoisotopic (exact) mass is 217 g/mol. The van der Waals surface area contributed by atoms with Gasteiger partial charge < -0.3 is 12.6 Å². The van der Waals surface area contributed by atoms with E-state index in [-0.39, 0.29) is 5.24 Å². The number of hydrogen-bond donors (Lipinski definition) is 0. The van der Waals surface area contributed by atoms with Crippen molar-refractivity contribution in [2.75, 3.05) is 19.6 Å². The summed E-state index contributed by atoms with van der Waals surface area (Å²) in [6.07, 6.45) is 0.